The van der Waals surface area contributed by atoms with Gasteiger partial charge in [-0.3, -0.25) is 19.4 Å². The van der Waals surface area contributed by atoms with Gasteiger partial charge in [0.25, 0.3) is 0 Å². The van der Waals surface area contributed by atoms with E-state index in [1.165, 1.54) is 0 Å². The Labute approximate surface area is 167 Å². The highest BCUT2D eigenvalue weighted by Gasteiger charge is 2.77. The molecule has 2 aliphatic rings. The highest BCUT2D eigenvalue weighted by molar-refractivity contribution is 14.2. The fourth-order valence-corrected chi connectivity index (χ4v) is 5.51. The van der Waals surface area contributed by atoms with E-state index < -0.39 is 6.84 Å². The van der Waals surface area contributed by atoms with Gasteiger partial charge < -0.3 is 0 Å². The van der Waals surface area contributed by atoms with Crippen molar-refractivity contribution in [1.29, 1.82) is 0 Å². The second-order valence-electron chi connectivity index (χ2n) is 6.14. The summed E-state index contributed by atoms with van der Waals surface area (Å²) in [5.74, 6) is -0.251. The maximum absolute atomic E-state index is 13.2. The van der Waals surface area contributed by atoms with E-state index in [1.807, 2.05) is 60.7 Å². The molecule has 0 unspecified atom stereocenters. The maximum Gasteiger partial charge on any atom is 0.246 e. The Hall–Kier alpha value is -1.16. The molecule has 2 fully saturated rings. The van der Waals surface area contributed by atoms with E-state index in [9.17, 15) is 9.59 Å². The molecule has 2 aromatic carbocycles. The number of alkyl halides is 2. The van der Waals surface area contributed by atoms with Crippen molar-refractivity contribution in [3.8, 4) is 0 Å². The number of carbonyl (C=O) groups is 2. The van der Waals surface area contributed by atoms with Crippen LogP contribution in [0.3, 0.4) is 0 Å². The largest absolute Gasteiger partial charge is 0.288 e. The lowest BCUT2D eigenvalue weighted by Crippen LogP contribution is -2.56. The zero-order chi connectivity index (χ0) is 17.1. The summed E-state index contributed by atoms with van der Waals surface area (Å²) in [6.07, 6.45) is -0.353. The molecule has 0 saturated carbocycles. The molecule has 0 spiro atoms. The zero-order valence-electron chi connectivity index (χ0n) is 12.8. The van der Waals surface area contributed by atoms with Crippen LogP contribution < -0.4 is 9.80 Å². The smallest absolute Gasteiger partial charge is 0.246 e. The molecule has 24 heavy (non-hydrogen) atoms. The van der Waals surface area contributed by atoms with Crippen LogP contribution in [0.25, 0.3) is 0 Å². The van der Waals surface area contributed by atoms with Gasteiger partial charge in [0.15, 0.2) is 5.41 Å². The number of anilines is 2. The average molecular weight is 544 g/mol. The molecule has 2 saturated heterocycles. The number of benzene rings is 2. The van der Waals surface area contributed by atoms with Gasteiger partial charge in [0.1, 0.15) is 7.59 Å². The second kappa shape index (κ2) is 5.42. The summed E-state index contributed by atoms with van der Waals surface area (Å²) in [6.45, 7) is 1.77. The molecule has 2 aromatic rings. The molecule has 0 aliphatic carbocycles. The molecule has 0 atom stereocenters. The minimum atomic E-state index is -1.08. The Morgan fingerprint density at radius 3 is 1.50 bits per heavy atom. The quantitative estimate of drug-likeness (QED) is 0.327. The number of halogens is 2. The standard InChI is InChI=1S/C18H14I2N2O2/c1-17-15(23)21(12-8-4-2-5-9-12)14(18(17,19)20)22(16(17)24)13-10-6-3-7-11-13/h2-11,14H,1H3. The predicted octanol–water partition coefficient (Wildman–Crippen LogP) is 3.98. The number of hydrogen-bond donors (Lipinski definition) is 0. The van der Waals surface area contributed by atoms with E-state index in [4.69, 9.17) is 0 Å². The van der Waals surface area contributed by atoms with Crippen molar-refractivity contribution in [2.45, 2.75) is 14.5 Å². The highest BCUT2D eigenvalue weighted by atomic mass is 127. The van der Waals surface area contributed by atoms with Crippen molar-refractivity contribution in [2.24, 2.45) is 5.41 Å². The number of carbonyl (C=O) groups excluding carboxylic acids is 2. The Kier molecular flexibility index (Phi) is 3.68. The van der Waals surface area contributed by atoms with Crippen LogP contribution in [0.1, 0.15) is 6.92 Å². The van der Waals surface area contributed by atoms with Crippen molar-refractivity contribution < 1.29 is 9.59 Å². The van der Waals surface area contributed by atoms with Crippen molar-refractivity contribution in [2.75, 3.05) is 9.80 Å². The van der Waals surface area contributed by atoms with Gasteiger partial charge in [-0.1, -0.05) is 81.6 Å². The first-order chi connectivity index (χ1) is 11.4. The van der Waals surface area contributed by atoms with E-state index >= 15 is 0 Å². The van der Waals surface area contributed by atoms with Crippen LogP contribution in [0.4, 0.5) is 11.4 Å². The number of fused-ring (bicyclic) bond motifs is 2. The van der Waals surface area contributed by atoms with E-state index in [0.717, 1.165) is 11.4 Å². The SMILES string of the molecule is CC12C(=O)N(c3ccccc3)C(N(c3ccccc3)C1=O)C2(I)I. The van der Waals surface area contributed by atoms with Crippen LogP contribution in [-0.4, -0.2) is 19.4 Å². The third-order valence-corrected chi connectivity index (χ3v) is 8.11. The minimum Gasteiger partial charge on any atom is -0.288 e. The molecule has 4 nitrogen and oxygen atoms in total. The van der Waals surface area contributed by atoms with Gasteiger partial charge in [-0.25, -0.2) is 0 Å². The molecule has 4 rings (SSSR count). The van der Waals surface area contributed by atoms with Gasteiger partial charge in [0.05, 0.1) is 0 Å². The van der Waals surface area contributed by atoms with Gasteiger partial charge in [0, 0.05) is 11.4 Å². The molecule has 2 bridgehead atoms. The first-order valence-electron chi connectivity index (χ1n) is 7.56. The summed E-state index contributed by atoms with van der Waals surface area (Å²) in [5.41, 5.74) is 0.564. The average Bonchev–Trinajstić information content (AvgIpc) is 2.85. The normalized spacial score (nSPS) is 27.9. The fourth-order valence-electron chi connectivity index (χ4n) is 3.47. The van der Waals surface area contributed by atoms with Crippen molar-refractivity contribution in [1.82, 2.24) is 0 Å². The van der Waals surface area contributed by atoms with Crippen LogP contribution in [0.2, 0.25) is 0 Å². The number of nitrogens with zero attached hydrogens (tertiary/aromatic N) is 2. The molecule has 0 N–H and O–H groups in total. The summed E-state index contributed by atoms with van der Waals surface area (Å²) in [5, 5.41) is 0. The molecule has 0 aromatic heterocycles. The topological polar surface area (TPSA) is 40.6 Å². The van der Waals surface area contributed by atoms with Crippen LogP contribution in [-0.2, 0) is 9.59 Å². The summed E-state index contributed by atoms with van der Waals surface area (Å²) in [4.78, 5) is 29.9. The highest BCUT2D eigenvalue weighted by Crippen LogP contribution is 2.63. The molecule has 6 heteroatoms. The van der Waals surface area contributed by atoms with Crippen molar-refractivity contribution in [3.63, 3.8) is 0 Å². The predicted molar refractivity (Wildman–Crippen MR) is 111 cm³/mol. The summed E-state index contributed by atoms with van der Waals surface area (Å²) in [6, 6.07) is 19.1. The van der Waals surface area contributed by atoms with Crippen LogP contribution in [0.15, 0.2) is 60.7 Å². The van der Waals surface area contributed by atoms with E-state index in [-0.39, 0.29) is 18.0 Å². The molecular weight excluding hydrogens is 530 g/mol. The van der Waals surface area contributed by atoms with Gasteiger partial charge in [-0.15, -0.1) is 0 Å². The first kappa shape index (κ1) is 16.3. The van der Waals surface area contributed by atoms with Crippen LogP contribution in [0.5, 0.6) is 0 Å². The van der Waals surface area contributed by atoms with E-state index in [1.54, 1.807) is 16.7 Å². The second-order valence-corrected chi connectivity index (χ2v) is 11.6. The van der Waals surface area contributed by atoms with Crippen molar-refractivity contribution in [3.05, 3.63) is 60.7 Å². The molecule has 2 amide bonds. The van der Waals surface area contributed by atoms with E-state index in [0.29, 0.717) is 0 Å². The summed E-state index contributed by atoms with van der Waals surface area (Å²) < 4.78 is -0.553. The maximum atomic E-state index is 13.2. The lowest BCUT2D eigenvalue weighted by atomic mass is 9.89. The molecule has 2 heterocycles. The van der Waals surface area contributed by atoms with E-state index in [2.05, 4.69) is 45.2 Å². The summed E-state index contributed by atoms with van der Waals surface area (Å²) >= 11 is 4.55. The number of rotatable bonds is 2. The lowest BCUT2D eigenvalue weighted by molar-refractivity contribution is -0.136. The Morgan fingerprint density at radius 2 is 1.17 bits per heavy atom. The lowest BCUT2D eigenvalue weighted by Gasteiger charge is -2.37. The van der Waals surface area contributed by atoms with Crippen LogP contribution in [0, 0.1) is 5.41 Å². The van der Waals surface area contributed by atoms with Crippen molar-refractivity contribution >= 4 is 68.4 Å². The summed E-state index contributed by atoms with van der Waals surface area (Å²) in [7, 11) is 0. The van der Waals surface area contributed by atoms with Gasteiger partial charge in [-0.05, 0) is 31.2 Å². The first-order valence-corrected chi connectivity index (χ1v) is 9.71. The molecule has 0 radical (unpaired) electrons. The molecule has 122 valence electrons. The monoisotopic (exact) mass is 544 g/mol. The van der Waals surface area contributed by atoms with Gasteiger partial charge in [0.2, 0.25) is 11.8 Å². The molecular formula is C18H14I2N2O2. The number of hydrogen-bond acceptors (Lipinski definition) is 2. The molecule has 2 aliphatic heterocycles. The van der Waals surface area contributed by atoms with Crippen LogP contribution >= 0.6 is 45.2 Å². The zero-order valence-corrected chi connectivity index (χ0v) is 17.1. The number of amides is 2. The van der Waals surface area contributed by atoms with Gasteiger partial charge in [-0.2, -0.15) is 0 Å². The minimum absolute atomic E-state index is 0.125. The van der Waals surface area contributed by atoms with Gasteiger partial charge >= 0.3 is 0 Å². The number of para-hydroxylation sites is 2. The third-order valence-electron chi connectivity index (χ3n) is 4.84. The fraction of sp³-hybridized carbons (Fsp3) is 0.222. The third kappa shape index (κ3) is 1.89. The Bertz CT molecular complexity index is 764. The Morgan fingerprint density at radius 1 is 0.792 bits per heavy atom. The Balaban J connectivity index is 1.92.